The molecule has 0 saturated heterocycles. The second-order valence-corrected chi connectivity index (χ2v) is 10.4. The Morgan fingerprint density at radius 1 is 1.00 bits per heavy atom. The van der Waals surface area contributed by atoms with Gasteiger partial charge in [0.25, 0.3) is 0 Å². The Kier molecular flexibility index (Phi) is 14.5. The van der Waals surface area contributed by atoms with Gasteiger partial charge in [0.1, 0.15) is 17.7 Å². The van der Waals surface area contributed by atoms with Crippen molar-refractivity contribution in [3.8, 4) is 0 Å². The summed E-state index contributed by atoms with van der Waals surface area (Å²) in [7, 11) is 0. The zero-order valence-corrected chi connectivity index (χ0v) is 24.2. The van der Waals surface area contributed by atoms with Crippen LogP contribution in [0, 0.1) is 5.92 Å². The number of alkyl carbamates (subject to hydrolysis) is 1. The number of hydrogen-bond acceptors (Lipinski definition) is 6. The first-order chi connectivity index (χ1) is 17.9. The monoisotopic (exact) mass is 533 g/mol. The normalized spacial score (nSPS) is 13.6. The number of rotatable bonds is 15. The SMILES string of the molecule is CCCCCN(C(=O)C(NC(=O)OC(C)(C)C)C(C)CC)C(C(=O)NCCC(=O)OCC)c1ccccc1. The van der Waals surface area contributed by atoms with Crippen molar-refractivity contribution in [3.63, 3.8) is 0 Å². The van der Waals surface area contributed by atoms with Crippen LogP contribution in [-0.4, -0.2) is 60.1 Å². The van der Waals surface area contributed by atoms with Crippen molar-refractivity contribution in [2.45, 2.75) is 98.3 Å². The Hall–Kier alpha value is -3.10. The number of unbranched alkanes of at least 4 members (excludes halogenated alkanes) is 2. The summed E-state index contributed by atoms with van der Waals surface area (Å²) in [4.78, 5) is 53.7. The highest BCUT2D eigenvalue weighted by Crippen LogP contribution is 2.25. The molecule has 0 radical (unpaired) electrons. The molecule has 0 spiro atoms. The molecule has 1 aromatic carbocycles. The number of nitrogens with zero attached hydrogens (tertiary/aromatic N) is 1. The van der Waals surface area contributed by atoms with Crippen molar-refractivity contribution >= 4 is 23.9 Å². The molecule has 1 aromatic rings. The fraction of sp³-hybridized carbons (Fsp3) is 0.655. The Morgan fingerprint density at radius 3 is 2.21 bits per heavy atom. The summed E-state index contributed by atoms with van der Waals surface area (Å²) in [5.41, 5.74) is -0.0783. The quantitative estimate of drug-likeness (QED) is 0.248. The van der Waals surface area contributed by atoms with Gasteiger partial charge in [0.05, 0.1) is 13.0 Å². The van der Waals surface area contributed by atoms with Crippen LogP contribution in [0.1, 0.15) is 92.2 Å². The molecule has 0 saturated carbocycles. The van der Waals surface area contributed by atoms with Crippen LogP contribution in [0.25, 0.3) is 0 Å². The van der Waals surface area contributed by atoms with E-state index >= 15 is 0 Å². The number of amides is 3. The van der Waals surface area contributed by atoms with Gasteiger partial charge in [-0.3, -0.25) is 14.4 Å². The van der Waals surface area contributed by atoms with E-state index in [2.05, 4.69) is 17.6 Å². The minimum Gasteiger partial charge on any atom is -0.466 e. The fourth-order valence-corrected chi connectivity index (χ4v) is 3.92. The summed E-state index contributed by atoms with van der Waals surface area (Å²) in [6, 6.07) is 7.26. The van der Waals surface area contributed by atoms with Gasteiger partial charge in [0, 0.05) is 13.1 Å². The zero-order chi connectivity index (χ0) is 28.7. The van der Waals surface area contributed by atoms with Crippen molar-refractivity contribution < 1.29 is 28.7 Å². The Balaban J connectivity index is 3.37. The minimum atomic E-state index is -0.935. The van der Waals surface area contributed by atoms with E-state index < -0.39 is 35.7 Å². The number of carbonyl (C=O) groups is 4. The average molecular weight is 534 g/mol. The van der Waals surface area contributed by atoms with Crippen molar-refractivity contribution in [1.29, 1.82) is 0 Å². The summed E-state index contributed by atoms with van der Waals surface area (Å²) >= 11 is 0. The van der Waals surface area contributed by atoms with Gasteiger partial charge >= 0.3 is 12.1 Å². The van der Waals surface area contributed by atoms with Gasteiger partial charge in [-0.2, -0.15) is 0 Å². The molecule has 0 aliphatic carbocycles. The number of esters is 1. The molecule has 0 aliphatic rings. The predicted octanol–water partition coefficient (Wildman–Crippen LogP) is 4.76. The molecule has 38 heavy (non-hydrogen) atoms. The molecule has 1 rings (SSSR count). The van der Waals surface area contributed by atoms with Gasteiger partial charge in [-0.1, -0.05) is 70.4 Å². The molecule has 0 bridgehead atoms. The molecular weight excluding hydrogens is 486 g/mol. The van der Waals surface area contributed by atoms with Crippen LogP contribution in [0.5, 0.6) is 0 Å². The molecule has 3 unspecified atom stereocenters. The Bertz CT molecular complexity index is 884. The maximum Gasteiger partial charge on any atom is 0.408 e. The minimum absolute atomic E-state index is 0.0283. The maximum absolute atomic E-state index is 14.1. The second kappa shape index (κ2) is 16.7. The predicted molar refractivity (Wildman–Crippen MR) is 147 cm³/mol. The number of hydrogen-bond donors (Lipinski definition) is 2. The van der Waals surface area contributed by atoms with Crippen molar-refractivity contribution in [2.24, 2.45) is 5.92 Å². The van der Waals surface area contributed by atoms with E-state index in [1.165, 1.54) is 0 Å². The van der Waals surface area contributed by atoms with E-state index in [9.17, 15) is 19.2 Å². The standard InChI is InChI=1S/C29H47N3O6/c1-8-11-15-20-32(27(35)24(21(4)9-2)31-28(36)38-29(5,6)7)25(22-16-13-12-14-17-22)26(34)30-19-18-23(33)37-10-3/h12-14,16-17,21,24-25H,8-11,15,18-20H2,1-7H3,(H,30,34)(H,31,36). The molecular formula is C29H47N3O6. The van der Waals surface area contributed by atoms with E-state index in [0.29, 0.717) is 24.9 Å². The second-order valence-electron chi connectivity index (χ2n) is 10.4. The lowest BCUT2D eigenvalue weighted by Crippen LogP contribution is -2.55. The van der Waals surface area contributed by atoms with E-state index in [1.54, 1.807) is 44.7 Å². The third-order valence-electron chi connectivity index (χ3n) is 6.05. The smallest absolute Gasteiger partial charge is 0.408 e. The summed E-state index contributed by atoms with van der Waals surface area (Å²) < 4.78 is 10.4. The van der Waals surface area contributed by atoms with Crippen molar-refractivity contribution in [1.82, 2.24) is 15.5 Å². The number of ether oxygens (including phenoxy) is 2. The summed E-state index contributed by atoms with van der Waals surface area (Å²) in [5.74, 6) is -1.36. The number of benzene rings is 1. The summed E-state index contributed by atoms with van der Waals surface area (Å²) in [5, 5.41) is 5.57. The summed E-state index contributed by atoms with van der Waals surface area (Å²) in [6.07, 6.45) is 2.50. The molecule has 0 fully saturated rings. The van der Waals surface area contributed by atoms with Crippen LogP contribution in [0.4, 0.5) is 4.79 Å². The first-order valence-corrected chi connectivity index (χ1v) is 13.7. The van der Waals surface area contributed by atoms with Gasteiger partial charge in [0.2, 0.25) is 11.8 Å². The third-order valence-corrected chi connectivity index (χ3v) is 6.05. The highest BCUT2D eigenvalue weighted by atomic mass is 16.6. The van der Waals surface area contributed by atoms with Gasteiger partial charge in [0.15, 0.2) is 0 Å². The van der Waals surface area contributed by atoms with Gasteiger partial charge in [-0.05, 0) is 45.6 Å². The third kappa shape index (κ3) is 11.5. The lowest BCUT2D eigenvalue weighted by atomic mass is 9.95. The maximum atomic E-state index is 14.1. The largest absolute Gasteiger partial charge is 0.466 e. The van der Waals surface area contributed by atoms with E-state index in [1.807, 2.05) is 32.0 Å². The topological polar surface area (TPSA) is 114 Å². The van der Waals surface area contributed by atoms with Crippen LogP contribution < -0.4 is 10.6 Å². The molecule has 2 N–H and O–H groups in total. The molecule has 0 aromatic heterocycles. The molecule has 9 nitrogen and oxygen atoms in total. The molecule has 0 heterocycles. The zero-order valence-electron chi connectivity index (χ0n) is 24.2. The lowest BCUT2D eigenvalue weighted by Gasteiger charge is -2.36. The highest BCUT2D eigenvalue weighted by molar-refractivity contribution is 5.92. The lowest BCUT2D eigenvalue weighted by molar-refractivity contribution is -0.145. The van der Waals surface area contributed by atoms with Crippen LogP contribution in [0.2, 0.25) is 0 Å². The van der Waals surface area contributed by atoms with Gasteiger partial charge in [-0.25, -0.2) is 4.79 Å². The van der Waals surface area contributed by atoms with E-state index in [-0.39, 0.29) is 31.4 Å². The number of carbonyl (C=O) groups excluding carboxylic acids is 4. The fourth-order valence-electron chi connectivity index (χ4n) is 3.92. The van der Waals surface area contributed by atoms with Crippen LogP contribution in [0.3, 0.4) is 0 Å². The highest BCUT2D eigenvalue weighted by Gasteiger charge is 2.37. The van der Waals surface area contributed by atoms with Crippen molar-refractivity contribution in [3.05, 3.63) is 35.9 Å². The van der Waals surface area contributed by atoms with E-state index in [4.69, 9.17) is 9.47 Å². The molecule has 9 heteroatoms. The number of nitrogens with one attached hydrogen (secondary N) is 2. The average Bonchev–Trinajstić information content (AvgIpc) is 2.85. The molecule has 3 atom stereocenters. The molecule has 214 valence electrons. The first-order valence-electron chi connectivity index (χ1n) is 13.7. The van der Waals surface area contributed by atoms with Gasteiger partial charge < -0.3 is 25.0 Å². The first kappa shape index (κ1) is 32.9. The van der Waals surface area contributed by atoms with Crippen LogP contribution in [0.15, 0.2) is 30.3 Å². The van der Waals surface area contributed by atoms with Crippen LogP contribution in [-0.2, 0) is 23.9 Å². The molecule has 3 amide bonds. The molecule has 0 aliphatic heterocycles. The summed E-state index contributed by atoms with van der Waals surface area (Å²) in [6.45, 7) is 13.6. The van der Waals surface area contributed by atoms with Gasteiger partial charge in [-0.15, -0.1) is 0 Å². The Labute approximate surface area is 228 Å². The van der Waals surface area contributed by atoms with Crippen LogP contribution >= 0.6 is 0 Å². The van der Waals surface area contributed by atoms with E-state index in [0.717, 1.165) is 12.8 Å². The Morgan fingerprint density at radius 2 is 1.66 bits per heavy atom. The van der Waals surface area contributed by atoms with Crippen molar-refractivity contribution in [2.75, 3.05) is 19.7 Å².